The molecule has 0 atom stereocenters. The van der Waals surface area contributed by atoms with Crippen LogP contribution in [-0.4, -0.2) is 9.97 Å². The summed E-state index contributed by atoms with van der Waals surface area (Å²) in [6, 6.07) is 42.9. The van der Waals surface area contributed by atoms with Crippen molar-refractivity contribution >= 4 is 32.4 Å². The lowest BCUT2D eigenvalue weighted by molar-refractivity contribution is 1.36. The predicted molar refractivity (Wildman–Crippen MR) is 151 cm³/mol. The molecule has 0 bridgehead atoms. The van der Waals surface area contributed by atoms with E-state index in [2.05, 4.69) is 126 Å². The maximum Gasteiger partial charge on any atom is 0.0722 e. The molecular weight excluding hydrogens is 436 g/mol. The molecule has 0 amide bonds. The largest absolute Gasteiger partial charge is 0.264 e. The Morgan fingerprint density at radius 1 is 0.472 bits per heavy atom. The van der Waals surface area contributed by atoms with Crippen LogP contribution in [0.1, 0.15) is 0 Å². The lowest BCUT2D eigenvalue weighted by Crippen LogP contribution is -1.92. The van der Waals surface area contributed by atoms with Crippen molar-refractivity contribution in [1.82, 2.24) is 9.97 Å². The van der Waals surface area contributed by atoms with Gasteiger partial charge in [-0.1, -0.05) is 97.1 Å². The molecule has 0 aliphatic heterocycles. The Hall–Kier alpha value is -4.82. The number of pyridine rings is 2. The Balaban J connectivity index is 1.47. The van der Waals surface area contributed by atoms with E-state index in [1.54, 1.807) is 0 Å². The average Bonchev–Trinajstić information content (AvgIpc) is 2.96. The highest BCUT2D eigenvalue weighted by molar-refractivity contribution is 6.13. The van der Waals surface area contributed by atoms with Crippen molar-refractivity contribution in [2.75, 3.05) is 0 Å². The zero-order valence-corrected chi connectivity index (χ0v) is 19.6. The van der Waals surface area contributed by atoms with Crippen LogP contribution in [0.4, 0.5) is 0 Å². The van der Waals surface area contributed by atoms with Crippen LogP contribution in [-0.2, 0) is 0 Å². The van der Waals surface area contributed by atoms with Gasteiger partial charge in [0.2, 0.25) is 0 Å². The van der Waals surface area contributed by atoms with E-state index < -0.39 is 0 Å². The monoisotopic (exact) mass is 458 g/mol. The van der Waals surface area contributed by atoms with Crippen LogP contribution >= 0.6 is 0 Å². The first-order valence-corrected chi connectivity index (χ1v) is 12.2. The number of aromatic nitrogens is 2. The van der Waals surface area contributed by atoms with Crippen molar-refractivity contribution in [1.29, 1.82) is 0 Å². The van der Waals surface area contributed by atoms with Gasteiger partial charge in [0, 0.05) is 28.7 Å². The van der Waals surface area contributed by atoms with E-state index in [1.807, 2.05) is 12.4 Å². The highest BCUT2D eigenvalue weighted by Gasteiger charge is 2.13. The molecule has 0 aliphatic rings. The van der Waals surface area contributed by atoms with E-state index in [0.29, 0.717) is 0 Å². The van der Waals surface area contributed by atoms with Gasteiger partial charge in [-0.3, -0.25) is 4.98 Å². The molecule has 0 unspecified atom stereocenters. The molecule has 2 heteroatoms. The predicted octanol–water partition coefficient (Wildman–Crippen LogP) is 8.94. The Labute approximate surface area is 209 Å². The molecule has 0 saturated heterocycles. The van der Waals surface area contributed by atoms with E-state index in [4.69, 9.17) is 4.98 Å². The highest BCUT2D eigenvalue weighted by atomic mass is 14.7. The first-order chi connectivity index (χ1) is 17.8. The van der Waals surface area contributed by atoms with Crippen LogP contribution in [0, 0.1) is 0 Å². The Morgan fingerprint density at radius 3 is 2.17 bits per heavy atom. The molecule has 5 aromatic carbocycles. The molecule has 0 N–H and O–H groups in total. The first-order valence-electron chi connectivity index (χ1n) is 12.2. The normalized spacial score (nSPS) is 11.3. The summed E-state index contributed by atoms with van der Waals surface area (Å²) >= 11 is 0. The molecule has 0 radical (unpaired) electrons. The molecule has 2 heterocycles. The third-order valence-corrected chi connectivity index (χ3v) is 6.94. The number of fused-ring (bicyclic) bond motifs is 4. The van der Waals surface area contributed by atoms with Crippen molar-refractivity contribution in [3.8, 4) is 33.5 Å². The summed E-state index contributed by atoms with van der Waals surface area (Å²) in [4.78, 5) is 9.54. The van der Waals surface area contributed by atoms with Gasteiger partial charge in [-0.15, -0.1) is 0 Å². The summed E-state index contributed by atoms with van der Waals surface area (Å²) in [5.41, 5.74) is 7.80. The fraction of sp³-hybridized carbons (Fsp3) is 0. The maximum atomic E-state index is 5.17. The van der Waals surface area contributed by atoms with E-state index in [9.17, 15) is 0 Å². The van der Waals surface area contributed by atoms with Gasteiger partial charge >= 0.3 is 0 Å². The van der Waals surface area contributed by atoms with E-state index in [-0.39, 0.29) is 0 Å². The first kappa shape index (κ1) is 20.5. The molecule has 0 aliphatic carbocycles. The minimum absolute atomic E-state index is 0.969. The standard InChI is InChI=1S/C34H22N2/c1-2-8-23(9-3-1)30-21-33(36-32-17-16-24-10-4-5-14-29(24)34(30)32)27-13-6-12-26(20-27)28-15-7-11-25-18-19-35-22-31(25)28/h1-22H. The minimum Gasteiger partial charge on any atom is -0.264 e. The number of hydrogen-bond donors (Lipinski definition) is 0. The summed E-state index contributed by atoms with van der Waals surface area (Å²) in [6.45, 7) is 0. The summed E-state index contributed by atoms with van der Waals surface area (Å²) < 4.78 is 0. The second-order valence-corrected chi connectivity index (χ2v) is 9.09. The van der Waals surface area contributed by atoms with Crippen molar-refractivity contribution in [3.63, 3.8) is 0 Å². The summed E-state index contributed by atoms with van der Waals surface area (Å²) in [6.07, 6.45) is 3.79. The van der Waals surface area contributed by atoms with Crippen molar-refractivity contribution in [2.24, 2.45) is 0 Å². The van der Waals surface area contributed by atoms with Gasteiger partial charge in [0.25, 0.3) is 0 Å². The van der Waals surface area contributed by atoms with Crippen LogP contribution in [0.2, 0.25) is 0 Å². The van der Waals surface area contributed by atoms with Crippen LogP contribution in [0.15, 0.2) is 134 Å². The topological polar surface area (TPSA) is 25.8 Å². The highest BCUT2D eigenvalue weighted by Crippen LogP contribution is 2.37. The van der Waals surface area contributed by atoms with Gasteiger partial charge in [0.15, 0.2) is 0 Å². The molecule has 0 fully saturated rings. The lowest BCUT2D eigenvalue weighted by atomic mass is 9.93. The molecule has 7 aromatic rings. The summed E-state index contributed by atoms with van der Waals surface area (Å²) in [7, 11) is 0. The van der Waals surface area contributed by atoms with E-state index in [0.717, 1.165) is 27.7 Å². The Kier molecular flexibility index (Phi) is 4.82. The average molecular weight is 459 g/mol. The third-order valence-electron chi connectivity index (χ3n) is 6.94. The molecule has 0 spiro atoms. The maximum absolute atomic E-state index is 5.17. The fourth-order valence-corrected chi connectivity index (χ4v) is 5.21. The number of hydrogen-bond acceptors (Lipinski definition) is 2. The molecule has 168 valence electrons. The molecule has 0 saturated carbocycles. The second-order valence-electron chi connectivity index (χ2n) is 9.09. The number of rotatable bonds is 3. The number of benzene rings is 5. The van der Waals surface area contributed by atoms with E-state index in [1.165, 1.54) is 38.2 Å². The van der Waals surface area contributed by atoms with Crippen LogP contribution in [0.3, 0.4) is 0 Å². The third kappa shape index (κ3) is 3.43. The zero-order chi connectivity index (χ0) is 23.9. The number of nitrogens with zero attached hydrogens (tertiary/aromatic N) is 2. The van der Waals surface area contributed by atoms with Crippen molar-refractivity contribution < 1.29 is 0 Å². The lowest BCUT2D eigenvalue weighted by Gasteiger charge is -2.14. The Bertz CT molecular complexity index is 1880. The molecule has 7 rings (SSSR count). The van der Waals surface area contributed by atoms with Gasteiger partial charge in [0.05, 0.1) is 11.2 Å². The molecule has 36 heavy (non-hydrogen) atoms. The van der Waals surface area contributed by atoms with Gasteiger partial charge in [-0.25, -0.2) is 4.98 Å². The van der Waals surface area contributed by atoms with E-state index >= 15 is 0 Å². The minimum atomic E-state index is 0.969. The molecule has 2 nitrogen and oxygen atoms in total. The molecule has 2 aromatic heterocycles. The van der Waals surface area contributed by atoms with Crippen molar-refractivity contribution in [3.05, 3.63) is 134 Å². The van der Waals surface area contributed by atoms with Gasteiger partial charge in [-0.05, 0) is 62.7 Å². The van der Waals surface area contributed by atoms with Gasteiger partial charge in [0.1, 0.15) is 0 Å². The van der Waals surface area contributed by atoms with Gasteiger partial charge < -0.3 is 0 Å². The second kappa shape index (κ2) is 8.44. The van der Waals surface area contributed by atoms with Crippen LogP contribution in [0.25, 0.3) is 66.0 Å². The SMILES string of the molecule is c1ccc(-c2cc(-c3cccc(-c4cccc5ccncc45)c3)nc3ccc4ccccc4c23)cc1. The van der Waals surface area contributed by atoms with Gasteiger partial charge in [-0.2, -0.15) is 0 Å². The van der Waals surface area contributed by atoms with Crippen LogP contribution in [0.5, 0.6) is 0 Å². The summed E-state index contributed by atoms with van der Waals surface area (Å²) in [5, 5.41) is 5.99. The van der Waals surface area contributed by atoms with Crippen LogP contribution < -0.4 is 0 Å². The zero-order valence-electron chi connectivity index (χ0n) is 19.6. The smallest absolute Gasteiger partial charge is 0.0722 e. The van der Waals surface area contributed by atoms with Crippen molar-refractivity contribution in [2.45, 2.75) is 0 Å². The Morgan fingerprint density at radius 2 is 1.22 bits per heavy atom. The summed E-state index contributed by atoms with van der Waals surface area (Å²) in [5.74, 6) is 0. The quantitative estimate of drug-likeness (QED) is 0.247. The molecular formula is C34H22N2. The fourth-order valence-electron chi connectivity index (χ4n) is 5.21.